The van der Waals surface area contributed by atoms with E-state index in [9.17, 15) is 15.4 Å². The minimum absolute atomic E-state index is 0.0183. The first-order valence-corrected chi connectivity index (χ1v) is 8.33. The van der Waals surface area contributed by atoms with E-state index >= 15 is 0 Å². The second kappa shape index (κ2) is 7.32. The third-order valence-corrected chi connectivity index (χ3v) is 4.89. The molecule has 10 heteroatoms. The predicted octanol–water partition coefficient (Wildman–Crippen LogP) is 2.44. The first-order chi connectivity index (χ1) is 13.0. The molecule has 0 radical (unpaired) electrons. The topological polar surface area (TPSA) is 145 Å². The zero-order chi connectivity index (χ0) is 21.3. The van der Waals surface area contributed by atoms with Gasteiger partial charge in [-0.2, -0.15) is 15.8 Å². The highest BCUT2D eigenvalue weighted by Gasteiger charge is 2.52. The summed E-state index contributed by atoms with van der Waals surface area (Å²) in [4.78, 5) is 11.0. The first-order valence-electron chi connectivity index (χ1n) is 8.33. The van der Waals surface area contributed by atoms with E-state index in [-0.39, 0.29) is 17.1 Å². The molecular weight excluding hydrogens is 361 g/mol. The Morgan fingerprint density at radius 2 is 1.64 bits per heavy atom. The summed E-state index contributed by atoms with van der Waals surface area (Å²) in [6.45, 7) is 9.11. The van der Waals surface area contributed by atoms with Crippen molar-refractivity contribution in [3.05, 3.63) is 39.1 Å². The van der Waals surface area contributed by atoms with Gasteiger partial charge in [0.2, 0.25) is 0 Å². The number of allylic oxidation sites excluding steroid dienone is 2. The van der Waals surface area contributed by atoms with Gasteiger partial charge in [0.05, 0.1) is 16.1 Å². The Hall–Kier alpha value is -3.39. The minimum atomic E-state index is -0.795. The van der Waals surface area contributed by atoms with Crippen LogP contribution in [-0.2, 0) is 9.31 Å². The van der Waals surface area contributed by atoms with Crippen LogP contribution in [0.1, 0.15) is 33.3 Å². The fraction of sp³-hybridized carbons (Fsp3) is 0.389. The molecule has 1 aliphatic heterocycles. The Morgan fingerprint density at radius 3 is 2.07 bits per heavy atom. The van der Waals surface area contributed by atoms with Crippen LogP contribution in [0.5, 0.6) is 0 Å². The third kappa shape index (κ3) is 3.68. The quantitative estimate of drug-likeness (QED) is 0.363. The minimum Gasteiger partial charge on any atom is -0.399 e. The van der Waals surface area contributed by atoms with Crippen molar-refractivity contribution in [1.29, 1.82) is 15.8 Å². The van der Waals surface area contributed by atoms with Crippen molar-refractivity contribution in [1.82, 2.24) is 0 Å². The van der Waals surface area contributed by atoms with E-state index in [0.29, 0.717) is 11.0 Å². The predicted molar refractivity (Wildman–Crippen MR) is 101 cm³/mol. The molecule has 0 atom stereocenters. The van der Waals surface area contributed by atoms with Crippen molar-refractivity contribution in [2.75, 3.05) is 5.32 Å². The molecule has 142 valence electrons. The van der Waals surface area contributed by atoms with Gasteiger partial charge in [0.25, 0.3) is 5.69 Å². The van der Waals surface area contributed by atoms with E-state index in [0.717, 1.165) is 0 Å². The summed E-state index contributed by atoms with van der Waals surface area (Å²) in [5.41, 5.74) is -1.47. The molecule has 1 N–H and O–H groups in total. The van der Waals surface area contributed by atoms with Crippen molar-refractivity contribution in [2.24, 2.45) is 0 Å². The Morgan fingerprint density at radius 1 is 1.11 bits per heavy atom. The van der Waals surface area contributed by atoms with Crippen molar-refractivity contribution in [3.63, 3.8) is 0 Å². The average molecular weight is 379 g/mol. The summed E-state index contributed by atoms with van der Waals surface area (Å²) in [6, 6.07) is 7.81. The number of hydrogen-bond donors (Lipinski definition) is 1. The highest BCUT2D eigenvalue weighted by atomic mass is 16.7. The van der Waals surface area contributed by atoms with Crippen LogP contribution in [0.15, 0.2) is 23.4 Å². The number of nitro groups is 1. The van der Waals surface area contributed by atoms with E-state index in [2.05, 4.69) is 5.32 Å². The van der Waals surface area contributed by atoms with Gasteiger partial charge in [0, 0.05) is 6.07 Å². The molecular formula is C18H18BN5O4. The summed E-state index contributed by atoms with van der Waals surface area (Å²) in [5.74, 6) is 0. The van der Waals surface area contributed by atoms with E-state index in [1.54, 1.807) is 31.2 Å². The van der Waals surface area contributed by atoms with Crippen LogP contribution in [0.3, 0.4) is 0 Å². The summed E-state index contributed by atoms with van der Waals surface area (Å²) >= 11 is 0. The number of nitrogens with one attached hydrogen (secondary N) is 1. The van der Waals surface area contributed by atoms with Crippen LogP contribution >= 0.6 is 0 Å². The van der Waals surface area contributed by atoms with E-state index in [1.165, 1.54) is 6.07 Å². The molecule has 0 spiro atoms. The third-order valence-electron chi connectivity index (χ3n) is 4.89. The summed E-state index contributed by atoms with van der Waals surface area (Å²) < 4.78 is 11.9. The van der Waals surface area contributed by atoms with Gasteiger partial charge in [-0.05, 0) is 45.6 Å². The maximum absolute atomic E-state index is 11.6. The number of nitriles is 3. The van der Waals surface area contributed by atoms with Gasteiger partial charge in [-0.25, -0.2) is 0 Å². The van der Waals surface area contributed by atoms with Gasteiger partial charge in [0.15, 0.2) is 5.57 Å². The number of hydrogen-bond acceptors (Lipinski definition) is 8. The molecule has 1 fully saturated rings. The van der Waals surface area contributed by atoms with Crippen molar-refractivity contribution >= 4 is 24.0 Å². The molecule has 0 saturated carbocycles. The fourth-order valence-corrected chi connectivity index (χ4v) is 2.63. The van der Waals surface area contributed by atoms with Crippen LogP contribution in [0.2, 0.25) is 0 Å². The van der Waals surface area contributed by atoms with Gasteiger partial charge < -0.3 is 14.6 Å². The monoisotopic (exact) mass is 379 g/mol. The van der Waals surface area contributed by atoms with E-state index in [1.807, 2.05) is 27.7 Å². The smallest absolute Gasteiger partial charge is 0.399 e. The normalized spacial score (nSPS) is 16.4. The van der Waals surface area contributed by atoms with Gasteiger partial charge in [-0.15, -0.1) is 0 Å². The molecule has 1 aromatic rings. The zero-order valence-corrected chi connectivity index (χ0v) is 16.2. The number of rotatable bonds is 4. The highest BCUT2D eigenvalue weighted by molar-refractivity contribution is 6.62. The molecule has 0 bridgehead atoms. The zero-order valence-electron chi connectivity index (χ0n) is 16.2. The van der Waals surface area contributed by atoms with Gasteiger partial charge in [-0.3, -0.25) is 10.1 Å². The van der Waals surface area contributed by atoms with Gasteiger partial charge in [0.1, 0.15) is 29.6 Å². The molecule has 1 aromatic carbocycles. The Labute approximate surface area is 163 Å². The molecule has 2 rings (SSSR count). The second-order valence-electron chi connectivity index (χ2n) is 7.29. The maximum Gasteiger partial charge on any atom is 0.495 e. The highest BCUT2D eigenvalue weighted by Crippen LogP contribution is 2.37. The van der Waals surface area contributed by atoms with E-state index < -0.39 is 28.8 Å². The molecule has 1 saturated heterocycles. The van der Waals surface area contributed by atoms with E-state index in [4.69, 9.17) is 19.8 Å². The van der Waals surface area contributed by atoms with Crippen molar-refractivity contribution in [2.45, 2.75) is 45.8 Å². The second-order valence-corrected chi connectivity index (χ2v) is 7.29. The molecule has 0 aromatic heterocycles. The lowest BCUT2D eigenvalue weighted by atomic mass is 9.78. The first kappa shape index (κ1) is 20.9. The Balaban J connectivity index is 2.55. The van der Waals surface area contributed by atoms with Crippen LogP contribution in [-0.4, -0.2) is 23.2 Å². The van der Waals surface area contributed by atoms with Crippen LogP contribution < -0.4 is 10.8 Å². The van der Waals surface area contributed by atoms with Gasteiger partial charge in [-0.1, -0.05) is 6.07 Å². The fourth-order valence-electron chi connectivity index (χ4n) is 2.63. The van der Waals surface area contributed by atoms with Crippen LogP contribution in [0.25, 0.3) is 0 Å². The summed E-state index contributed by atoms with van der Waals surface area (Å²) in [6.07, 6.45) is 0. The SMILES string of the molecule is Cc1cc(B2OC(C)(C)C(C)(C)O2)cc([N+](=O)[O-])c1NC(C#N)=C(C#N)C#N. The Bertz CT molecular complexity index is 963. The van der Waals surface area contributed by atoms with Gasteiger partial charge >= 0.3 is 7.12 Å². The number of anilines is 1. The summed E-state index contributed by atoms with van der Waals surface area (Å²) in [5, 5.41) is 41.3. The number of nitro benzene ring substituents is 1. The number of aryl methyl sites for hydroxylation is 1. The molecule has 9 nitrogen and oxygen atoms in total. The molecule has 0 aliphatic carbocycles. The largest absolute Gasteiger partial charge is 0.495 e. The van der Waals surface area contributed by atoms with Crippen molar-refractivity contribution < 1.29 is 14.2 Å². The maximum atomic E-state index is 11.6. The summed E-state index contributed by atoms with van der Waals surface area (Å²) in [7, 11) is -0.795. The Kier molecular flexibility index (Phi) is 5.47. The molecule has 0 unspecified atom stereocenters. The lowest BCUT2D eigenvalue weighted by molar-refractivity contribution is -0.383. The van der Waals surface area contributed by atoms with Crippen molar-refractivity contribution in [3.8, 4) is 18.2 Å². The van der Waals surface area contributed by atoms with Crippen LogP contribution in [0.4, 0.5) is 11.4 Å². The standard InChI is InChI=1S/C18H18BN5O4/c1-11-6-13(19-27-17(2,3)18(4,5)28-19)7-15(24(25)26)16(11)23-14(10-22)12(8-20)9-21/h6-7,23H,1-5H3. The lowest BCUT2D eigenvalue weighted by Gasteiger charge is -2.32. The molecule has 28 heavy (non-hydrogen) atoms. The average Bonchev–Trinajstić information content (AvgIpc) is 2.83. The number of nitrogens with zero attached hydrogens (tertiary/aromatic N) is 4. The molecule has 0 amide bonds. The molecule has 1 heterocycles. The lowest BCUT2D eigenvalue weighted by Crippen LogP contribution is -2.41. The molecule has 1 aliphatic rings. The van der Waals surface area contributed by atoms with Crippen LogP contribution in [0, 0.1) is 51.0 Å². The number of benzene rings is 1.